The molecule has 1 aliphatic heterocycles. The van der Waals surface area contributed by atoms with Crippen LogP contribution in [-0.4, -0.2) is 22.3 Å². The van der Waals surface area contributed by atoms with E-state index in [1.807, 2.05) is 29.9 Å². The Morgan fingerprint density at radius 2 is 2.25 bits per heavy atom. The lowest BCUT2D eigenvalue weighted by atomic mass is 9.96. The maximum atomic E-state index is 12.7. The molecule has 2 atom stereocenters. The van der Waals surface area contributed by atoms with E-state index in [-0.39, 0.29) is 24.0 Å². The lowest BCUT2D eigenvalue weighted by Crippen LogP contribution is -2.25. The topological polar surface area (TPSA) is 56.1 Å². The van der Waals surface area contributed by atoms with Crippen LogP contribution in [-0.2, 0) is 9.53 Å². The van der Waals surface area contributed by atoms with E-state index in [0.717, 1.165) is 16.8 Å². The van der Waals surface area contributed by atoms with E-state index in [1.165, 1.54) is 0 Å². The predicted octanol–water partition coefficient (Wildman–Crippen LogP) is 4.14. The molecular formula is C18H22ClN3O2. The summed E-state index contributed by atoms with van der Waals surface area (Å²) in [5, 5.41) is 7.95. The molecule has 0 saturated carbocycles. The van der Waals surface area contributed by atoms with Gasteiger partial charge >= 0.3 is 0 Å². The van der Waals surface area contributed by atoms with Gasteiger partial charge in [0.2, 0.25) is 5.91 Å². The Kier molecular flexibility index (Phi) is 4.92. The van der Waals surface area contributed by atoms with Gasteiger partial charge < -0.3 is 10.1 Å². The molecule has 0 radical (unpaired) electrons. The number of hydrogen-bond donors (Lipinski definition) is 1. The first-order valence-electron chi connectivity index (χ1n) is 8.18. The maximum absolute atomic E-state index is 12.7. The van der Waals surface area contributed by atoms with Crippen LogP contribution in [0.2, 0.25) is 5.02 Å². The molecule has 0 bridgehead atoms. The third-order valence-electron chi connectivity index (χ3n) is 4.37. The van der Waals surface area contributed by atoms with Crippen molar-refractivity contribution in [2.24, 2.45) is 5.92 Å². The summed E-state index contributed by atoms with van der Waals surface area (Å²) in [6.45, 7) is 6.65. The molecule has 1 aliphatic rings. The Morgan fingerprint density at radius 3 is 2.96 bits per heavy atom. The normalized spacial score (nSPS) is 20.5. The fourth-order valence-electron chi connectivity index (χ4n) is 2.92. The van der Waals surface area contributed by atoms with Gasteiger partial charge in [-0.2, -0.15) is 5.10 Å². The molecule has 0 spiro atoms. The smallest absolute Gasteiger partial charge is 0.230 e. The highest BCUT2D eigenvalue weighted by molar-refractivity contribution is 6.31. The number of carbonyl (C=O) groups excluding carboxylic acids is 1. The third-order valence-corrected chi connectivity index (χ3v) is 4.60. The van der Waals surface area contributed by atoms with E-state index in [2.05, 4.69) is 24.3 Å². The molecule has 1 N–H and O–H groups in total. The molecule has 0 unspecified atom stereocenters. The van der Waals surface area contributed by atoms with Crippen LogP contribution < -0.4 is 5.32 Å². The molecule has 5 nitrogen and oxygen atoms in total. The summed E-state index contributed by atoms with van der Waals surface area (Å²) in [7, 11) is 0. The van der Waals surface area contributed by atoms with Gasteiger partial charge in [-0.1, -0.05) is 17.7 Å². The molecule has 24 heavy (non-hydrogen) atoms. The zero-order chi connectivity index (χ0) is 17.3. The summed E-state index contributed by atoms with van der Waals surface area (Å²) in [4.78, 5) is 12.7. The van der Waals surface area contributed by atoms with Crippen molar-refractivity contribution in [1.82, 2.24) is 9.78 Å². The quantitative estimate of drug-likeness (QED) is 0.904. The highest BCUT2D eigenvalue weighted by Gasteiger charge is 2.36. The highest BCUT2D eigenvalue weighted by Crippen LogP contribution is 2.35. The van der Waals surface area contributed by atoms with Gasteiger partial charge in [-0.25, -0.2) is 0 Å². The minimum atomic E-state index is -0.253. The van der Waals surface area contributed by atoms with Crippen LogP contribution in [0.1, 0.15) is 43.5 Å². The zero-order valence-electron chi connectivity index (χ0n) is 14.1. The number of aromatic nitrogens is 2. The van der Waals surface area contributed by atoms with Gasteiger partial charge in [-0.3, -0.25) is 9.48 Å². The van der Waals surface area contributed by atoms with Crippen molar-refractivity contribution in [2.45, 2.75) is 39.3 Å². The van der Waals surface area contributed by atoms with Gasteiger partial charge in [0.15, 0.2) is 0 Å². The van der Waals surface area contributed by atoms with E-state index >= 15 is 0 Å². The van der Waals surface area contributed by atoms with Gasteiger partial charge in [0, 0.05) is 35.1 Å². The average molecular weight is 348 g/mol. The number of amides is 1. The van der Waals surface area contributed by atoms with E-state index < -0.39 is 0 Å². The molecule has 6 heteroatoms. The lowest BCUT2D eigenvalue weighted by Gasteiger charge is -2.18. The molecule has 1 amide bonds. The minimum Gasteiger partial charge on any atom is -0.373 e. The van der Waals surface area contributed by atoms with E-state index in [9.17, 15) is 4.79 Å². The van der Waals surface area contributed by atoms with Gasteiger partial charge in [-0.15, -0.1) is 0 Å². The monoisotopic (exact) mass is 347 g/mol. The standard InChI is InChI=1S/C18H22ClN3O2/c1-11(2)22-10-13(9-20-22)17-15(6-7-24-17)18(23)21-16-8-14(19)5-4-12(16)3/h4-5,8-11,15,17H,6-7H2,1-3H3,(H,21,23)/t15-,17+/m0/s1. The first kappa shape index (κ1) is 17.0. The Hall–Kier alpha value is -1.85. The number of carbonyl (C=O) groups is 1. The summed E-state index contributed by atoms with van der Waals surface area (Å²) < 4.78 is 7.70. The number of anilines is 1. The summed E-state index contributed by atoms with van der Waals surface area (Å²) in [5.74, 6) is -0.270. The van der Waals surface area contributed by atoms with Crippen LogP contribution >= 0.6 is 11.6 Å². The largest absolute Gasteiger partial charge is 0.373 e. The van der Waals surface area contributed by atoms with Crippen LogP contribution in [0.25, 0.3) is 0 Å². The molecule has 2 aromatic rings. The fraction of sp³-hybridized carbons (Fsp3) is 0.444. The summed E-state index contributed by atoms with van der Waals surface area (Å²) in [6, 6.07) is 5.76. The molecule has 0 aliphatic carbocycles. The number of hydrogen-bond acceptors (Lipinski definition) is 3. The predicted molar refractivity (Wildman–Crippen MR) is 94.2 cm³/mol. The Balaban J connectivity index is 1.77. The molecule has 1 aromatic heterocycles. The van der Waals surface area contributed by atoms with E-state index in [1.54, 1.807) is 12.3 Å². The van der Waals surface area contributed by atoms with Crippen molar-refractivity contribution in [1.29, 1.82) is 0 Å². The third kappa shape index (κ3) is 3.47. The highest BCUT2D eigenvalue weighted by atomic mass is 35.5. The van der Waals surface area contributed by atoms with Crippen molar-refractivity contribution in [3.63, 3.8) is 0 Å². The first-order chi connectivity index (χ1) is 11.5. The summed E-state index contributed by atoms with van der Waals surface area (Å²) >= 11 is 6.03. The van der Waals surface area contributed by atoms with Crippen molar-refractivity contribution < 1.29 is 9.53 Å². The SMILES string of the molecule is Cc1ccc(Cl)cc1NC(=O)[C@H]1CCO[C@@H]1c1cnn(C(C)C)c1. The van der Waals surface area contributed by atoms with Crippen molar-refractivity contribution in [2.75, 3.05) is 11.9 Å². The Bertz CT molecular complexity index is 742. The second-order valence-electron chi connectivity index (χ2n) is 6.48. The number of halogens is 1. The number of benzene rings is 1. The number of nitrogens with zero attached hydrogens (tertiary/aromatic N) is 2. The van der Waals surface area contributed by atoms with Crippen LogP contribution in [0.15, 0.2) is 30.6 Å². The molecule has 1 aromatic carbocycles. The second-order valence-corrected chi connectivity index (χ2v) is 6.92. The summed E-state index contributed by atoms with van der Waals surface area (Å²) in [6.07, 6.45) is 4.20. The van der Waals surface area contributed by atoms with Crippen molar-refractivity contribution in [3.8, 4) is 0 Å². The zero-order valence-corrected chi connectivity index (χ0v) is 14.9. The van der Waals surface area contributed by atoms with Gasteiger partial charge in [-0.05, 0) is 44.9 Å². The first-order valence-corrected chi connectivity index (χ1v) is 8.56. The van der Waals surface area contributed by atoms with Gasteiger partial charge in [0.05, 0.1) is 18.2 Å². The Morgan fingerprint density at radius 1 is 1.46 bits per heavy atom. The molecule has 1 saturated heterocycles. The van der Waals surface area contributed by atoms with Crippen LogP contribution in [0.3, 0.4) is 0 Å². The lowest BCUT2D eigenvalue weighted by molar-refractivity contribution is -0.121. The number of nitrogens with one attached hydrogen (secondary N) is 1. The number of ether oxygens (including phenoxy) is 1. The second kappa shape index (κ2) is 6.95. The Labute approximate surface area is 147 Å². The number of aryl methyl sites for hydroxylation is 1. The summed E-state index contributed by atoms with van der Waals surface area (Å²) in [5.41, 5.74) is 2.68. The molecular weight excluding hydrogens is 326 g/mol. The maximum Gasteiger partial charge on any atom is 0.230 e. The van der Waals surface area contributed by atoms with Crippen LogP contribution in [0.4, 0.5) is 5.69 Å². The average Bonchev–Trinajstić information content (AvgIpc) is 3.18. The van der Waals surface area contributed by atoms with E-state index in [4.69, 9.17) is 16.3 Å². The fourth-order valence-corrected chi connectivity index (χ4v) is 3.10. The van der Waals surface area contributed by atoms with Crippen LogP contribution in [0, 0.1) is 12.8 Å². The van der Waals surface area contributed by atoms with Gasteiger partial charge in [0.25, 0.3) is 0 Å². The molecule has 3 rings (SSSR count). The molecule has 1 fully saturated rings. The number of rotatable bonds is 4. The minimum absolute atomic E-state index is 0.0415. The van der Waals surface area contributed by atoms with Crippen molar-refractivity contribution in [3.05, 3.63) is 46.7 Å². The van der Waals surface area contributed by atoms with Crippen molar-refractivity contribution >= 4 is 23.2 Å². The molecule has 128 valence electrons. The van der Waals surface area contributed by atoms with Crippen LogP contribution in [0.5, 0.6) is 0 Å². The molecule has 2 heterocycles. The van der Waals surface area contributed by atoms with Gasteiger partial charge in [0.1, 0.15) is 0 Å². The van der Waals surface area contributed by atoms with E-state index in [0.29, 0.717) is 18.1 Å².